The summed E-state index contributed by atoms with van der Waals surface area (Å²) in [6, 6.07) is 1.59. The summed E-state index contributed by atoms with van der Waals surface area (Å²) in [6.07, 6.45) is 1.74. The van der Waals surface area contributed by atoms with Gasteiger partial charge in [-0.1, -0.05) is 11.6 Å². The first-order valence-electron chi connectivity index (χ1n) is 4.78. The minimum absolute atomic E-state index is 0.123. The fourth-order valence-corrected chi connectivity index (χ4v) is 1.34. The van der Waals surface area contributed by atoms with E-state index >= 15 is 0 Å². The Morgan fingerprint density at radius 3 is 2.87 bits per heavy atom. The first-order chi connectivity index (χ1) is 7.00. The Bertz CT molecular complexity index is 336. The van der Waals surface area contributed by atoms with Crippen LogP contribution >= 0.6 is 11.6 Å². The van der Waals surface area contributed by atoms with Crippen LogP contribution in [0.4, 0.5) is 0 Å². The van der Waals surface area contributed by atoms with Crippen LogP contribution in [-0.2, 0) is 0 Å². The Morgan fingerprint density at radius 2 is 2.40 bits per heavy atom. The SMILES string of the molecule is CC(O)CCN(C)C(=O)c1cc(Cl)c[nH]1. The van der Waals surface area contributed by atoms with E-state index in [0.717, 1.165) is 0 Å². The van der Waals surface area contributed by atoms with Crippen LogP contribution < -0.4 is 0 Å². The number of nitrogens with zero attached hydrogens (tertiary/aromatic N) is 1. The Kier molecular flexibility index (Phi) is 4.17. The maximum atomic E-state index is 11.7. The molecule has 0 bridgehead atoms. The first-order valence-corrected chi connectivity index (χ1v) is 5.16. The molecule has 4 nitrogen and oxygen atoms in total. The van der Waals surface area contributed by atoms with Crippen LogP contribution in [0.25, 0.3) is 0 Å². The van der Waals surface area contributed by atoms with Gasteiger partial charge < -0.3 is 15.0 Å². The summed E-state index contributed by atoms with van der Waals surface area (Å²) in [5.74, 6) is -0.123. The molecule has 1 aromatic heterocycles. The maximum absolute atomic E-state index is 11.7. The second kappa shape index (κ2) is 5.19. The fraction of sp³-hybridized carbons (Fsp3) is 0.500. The molecule has 2 N–H and O–H groups in total. The summed E-state index contributed by atoms with van der Waals surface area (Å²) in [7, 11) is 1.69. The molecule has 0 saturated heterocycles. The number of halogens is 1. The highest BCUT2D eigenvalue weighted by Gasteiger charge is 2.13. The number of carbonyl (C=O) groups excluding carboxylic acids is 1. The predicted molar refractivity (Wildman–Crippen MR) is 59.1 cm³/mol. The number of aromatic amines is 1. The Balaban J connectivity index is 2.53. The minimum Gasteiger partial charge on any atom is -0.393 e. The van der Waals surface area contributed by atoms with Gasteiger partial charge in [-0.2, -0.15) is 0 Å². The van der Waals surface area contributed by atoms with E-state index in [4.69, 9.17) is 16.7 Å². The van der Waals surface area contributed by atoms with Crippen LogP contribution in [0.1, 0.15) is 23.8 Å². The molecule has 0 radical (unpaired) electrons. The van der Waals surface area contributed by atoms with E-state index in [1.165, 1.54) is 0 Å². The van der Waals surface area contributed by atoms with E-state index in [1.807, 2.05) is 0 Å². The van der Waals surface area contributed by atoms with Crippen LogP contribution in [-0.4, -0.2) is 40.6 Å². The maximum Gasteiger partial charge on any atom is 0.270 e. The van der Waals surface area contributed by atoms with E-state index < -0.39 is 6.10 Å². The van der Waals surface area contributed by atoms with E-state index in [-0.39, 0.29) is 5.91 Å². The Morgan fingerprint density at radius 1 is 1.73 bits per heavy atom. The number of aliphatic hydroxyl groups is 1. The smallest absolute Gasteiger partial charge is 0.270 e. The molecule has 0 aliphatic heterocycles. The number of rotatable bonds is 4. The number of aliphatic hydroxyl groups excluding tert-OH is 1. The third-order valence-electron chi connectivity index (χ3n) is 2.11. The van der Waals surface area contributed by atoms with Crippen molar-refractivity contribution in [3.8, 4) is 0 Å². The van der Waals surface area contributed by atoms with Crippen molar-refractivity contribution < 1.29 is 9.90 Å². The van der Waals surface area contributed by atoms with Gasteiger partial charge in [-0.3, -0.25) is 4.79 Å². The van der Waals surface area contributed by atoms with Crippen molar-refractivity contribution in [2.24, 2.45) is 0 Å². The summed E-state index contributed by atoms with van der Waals surface area (Å²) in [5, 5.41) is 9.61. The lowest BCUT2D eigenvalue weighted by Gasteiger charge is -2.16. The minimum atomic E-state index is -0.396. The molecule has 1 aromatic rings. The van der Waals surface area contributed by atoms with Crippen LogP contribution in [0.5, 0.6) is 0 Å². The molecule has 0 saturated carbocycles. The molecule has 1 unspecified atom stereocenters. The summed E-state index contributed by atoms with van der Waals surface area (Å²) in [4.78, 5) is 16.1. The van der Waals surface area contributed by atoms with E-state index in [1.54, 1.807) is 31.1 Å². The highest BCUT2D eigenvalue weighted by molar-refractivity contribution is 6.30. The zero-order valence-electron chi connectivity index (χ0n) is 8.83. The number of hydrogen-bond donors (Lipinski definition) is 2. The summed E-state index contributed by atoms with van der Waals surface area (Å²) in [6.45, 7) is 2.22. The molecule has 0 fully saturated rings. The van der Waals surface area contributed by atoms with Gasteiger partial charge in [0.25, 0.3) is 5.91 Å². The lowest BCUT2D eigenvalue weighted by Crippen LogP contribution is -2.29. The second-order valence-electron chi connectivity index (χ2n) is 3.60. The van der Waals surface area contributed by atoms with Crippen molar-refractivity contribution in [1.82, 2.24) is 9.88 Å². The van der Waals surface area contributed by atoms with Gasteiger partial charge in [0.05, 0.1) is 11.1 Å². The van der Waals surface area contributed by atoms with Gasteiger partial charge in [0.2, 0.25) is 0 Å². The fourth-order valence-electron chi connectivity index (χ4n) is 1.18. The third-order valence-corrected chi connectivity index (χ3v) is 2.33. The largest absolute Gasteiger partial charge is 0.393 e. The van der Waals surface area contributed by atoms with Crippen LogP contribution in [0, 0.1) is 0 Å². The van der Waals surface area contributed by atoms with Crippen LogP contribution in [0.15, 0.2) is 12.3 Å². The van der Waals surface area contributed by atoms with Crippen molar-refractivity contribution in [1.29, 1.82) is 0 Å². The average molecular weight is 231 g/mol. The first kappa shape index (κ1) is 12.1. The number of nitrogens with one attached hydrogen (secondary N) is 1. The van der Waals surface area contributed by atoms with Gasteiger partial charge in [-0.05, 0) is 19.4 Å². The number of H-pyrrole nitrogens is 1. The molecular formula is C10H15ClN2O2. The molecule has 1 rings (SSSR count). The highest BCUT2D eigenvalue weighted by atomic mass is 35.5. The van der Waals surface area contributed by atoms with Crippen molar-refractivity contribution in [3.63, 3.8) is 0 Å². The molecule has 1 amide bonds. The van der Waals surface area contributed by atoms with Gasteiger partial charge in [0, 0.05) is 19.8 Å². The average Bonchev–Trinajstić information content (AvgIpc) is 2.60. The molecule has 0 aliphatic rings. The molecule has 1 atom stereocenters. The van der Waals surface area contributed by atoms with Crippen molar-refractivity contribution in [2.45, 2.75) is 19.4 Å². The molecule has 15 heavy (non-hydrogen) atoms. The van der Waals surface area contributed by atoms with Gasteiger partial charge in [0.15, 0.2) is 0 Å². The second-order valence-corrected chi connectivity index (χ2v) is 4.03. The quantitative estimate of drug-likeness (QED) is 0.824. The molecule has 0 spiro atoms. The van der Waals surface area contributed by atoms with Crippen LogP contribution in [0.3, 0.4) is 0 Å². The monoisotopic (exact) mass is 230 g/mol. The molecular weight excluding hydrogens is 216 g/mol. The van der Waals surface area contributed by atoms with Gasteiger partial charge in [0.1, 0.15) is 5.69 Å². The lowest BCUT2D eigenvalue weighted by atomic mass is 10.2. The van der Waals surface area contributed by atoms with Gasteiger partial charge in [-0.25, -0.2) is 0 Å². The molecule has 0 aliphatic carbocycles. The topological polar surface area (TPSA) is 56.3 Å². The number of amides is 1. The zero-order chi connectivity index (χ0) is 11.4. The highest BCUT2D eigenvalue weighted by Crippen LogP contribution is 2.11. The summed E-state index contributed by atoms with van der Waals surface area (Å²) in [5.41, 5.74) is 0.466. The normalized spacial score (nSPS) is 12.5. The van der Waals surface area contributed by atoms with Crippen molar-refractivity contribution >= 4 is 17.5 Å². The Hall–Kier alpha value is -1.00. The molecule has 84 valence electrons. The lowest BCUT2D eigenvalue weighted by molar-refractivity contribution is 0.0764. The van der Waals surface area contributed by atoms with Crippen LogP contribution in [0.2, 0.25) is 5.02 Å². The van der Waals surface area contributed by atoms with Crippen molar-refractivity contribution in [2.75, 3.05) is 13.6 Å². The number of aromatic nitrogens is 1. The van der Waals surface area contributed by atoms with Crippen molar-refractivity contribution in [3.05, 3.63) is 23.0 Å². The zero-order valence-corrected chi connectivity index (χ0v) is 9.58. The van der Waals surface area contributed by atoms with E-state index in [9.17, 15) is 4.79 Å². The summed E-state index contributed by atoms with van der Waals surface area (Å²) < 4.78 is 0. The van der Waals surface area contributed by atoms with E-state index in [2.05, 4.69) is 4.98 Å². The standard InChI is InChI=1S/C10H15ClN2O2/c1-7(14)3-4-13(2)10(15)9-5-8(11)6-12-9/h5-7,12,14H,3-4H2,1-2H3. The Labute approximate surface area is 93.8 Å². The van der Waals surface area contributed by atoms with Gasteiger partial charge >= 0.3 is 0 Å². The predicted octanol–water partition coefficient (Wildman–Crippen LogP) is 1.51. The van der Waals surface area contributed by atoms with Gasteiger partial charge in [-0.15, -0.1) is 0 Å². The third kappa shape index (κ3) is 3.57. The number of hydrogen-bond acceptors (Lipinski definition) is 2. The summed E-state index contributed by atoms with van der Waals surface area (Å²) >= 11 is 5.69. The molecule has 0 aromatic carbocycles. The number of carbonyl (C=O) groups is 1. The molecule has 1 heterocycles. The van der Waals surface area contributed by atoms with E-state index in [0.29, 0.717) is 23.7 Å². The molecule has 5 heteroatoms.